The smallest absolute Gasteiger partial charge is 0.0607 e. The van der Waals surface area contributed by atoms with E-state index < -0.39 is 0 Å². The van der Waals surface area contributed by atoms with Crippen LogP contribution in [0.2, 0.25) is 0 Å². The minimum Gasteiger partial charge on any atom is -0.381 e. The van der Waals surface area contributed by atoms with Crippen LogP contribution in [0.15, 0.2) is 12.2 Å². The Hall–Kier alpha value is -0.300. The van der Waals surface area contributed by atoms with Crippen molar-refractivity contribution in [1.82, 2.24) is 0 Å². The summed E-state index contributed by atoms with van der Waals surface area (Å²) in [6.45, 7) is 15.0. The molecule has 4 aliphatic rings. The number of hydrogen-bond donors (Lipinski definition) is 0. The highest BCUT2D eigenvalue weighted by Crippen LogP contribution is 2.68. The lowest BCUT2D eigenvalue weighted by Crippen LogP contribution is -2.57. The van der Waals surface area contributed by atoms with E-state index in [9.17, 15) is 0 Å². The highest BCUT2D eigenvalue weighted by molar-refractivity contribution is 5.12. The van der Waals surface area contributed by atoms with Crippen molar-refractivity contribution in [2.24, 2.45) is 58.2 Å². The third-order valence-corrected chi connectivity index (χ3v) is 11.6. The molecule has 9 unspecified atom stereocenters. The molecule has 0 bridgehead atoms. The molecule has 0 aromatic carbocycles. The maximum atomic E-state index is 6.22. The predicted molar refractivity (Wildman–Crippen MR) is 133 cm³/mol. The lowest BCUT2D eigenvalue weighted by atomic mass is 9.44. The van der Waals surface area contributed by atoms with Gasteiger partial charge in [0.15, 0.2) is 0 Å². The average molecular weight is 429 g/mol. The van der Waals surface area contributed by atoms with Crippen molar-refractivity contribution in [2.75, 3.05) is 7.11 Å². The Morgan fingerprint density at radius 2 is 1.61 bits per heavy atom. The molecule has 0 saturated heterocycles. The second-order valence-corrected chi connectivity index (χ2v) is 13.0. The number of hydrogen-bond acceptors (Lipinski definition) is 1. The summed E-state index contributed by atoms with van der Waals surface area (Å²) >= 11 is 0. The minimum atomic E-state index is 0.515. The van der Waals surface area contributed by atoms with Crippen molar-refractivity contribution in [1.29, 1.82) is 0 Å². The fraction of sp³-hybridized carbons (Fsp3) is 0.933. The lowest BCUT2D eigenvalue weighted by Gasteiger charge is -2.62. The van der Waals surface area contributed by atoms with Crippen LogP contribution in [-0.2, 0) is 4.74 Å². The molecule has 1 nitrogen and oxygen atoms in total. The van der Waals surface area contributed by atoms with E-state index in [-0.39, 0.29) is 0 Å². The van der Waals surface area contributed by atoms with Crippen LogP contribution in [0.25, 0.3) is 0 Å². The Labute approximate surface area is 194 Å². The number of rotatable bonds is 6. The van der Waals surface area contributed by atoms with Crippen molar-refractivity contribution in [3.05, 3.63) is 12.2 Å². The van der Waals surface area contributed by atoms with Crippen LogP contribution in [0.4, 0.5) is 0 Å². The molecular weight excluding hydrogens is 376 g/mol. The number of allylic oxidation sites excluding steroid dienone is 2. The van der Waals surface area contributed by atoms with Gasteiger partial charge in [-0.3, -0.25) is 0 Å². The fourth-order valence-electron chi connectivity index (χ4n) is 9.77. The maximum absolute atomic E-state index is 6.22. The monoisotopic (exact) mass is 428 g/mol. The van der Waals surface area contributed by atoms with Gasteiger partial charge in [-0.1, -0.05) is 66.5 Å². The molecule has 4 saturated carbocycles. The highest BCUT2D eigenvalue weighted by atomic mass is 16.5. The first-order valence-electron chi connectivity index (χ1n) is 14.0. The van der Waals surface area contributed by atoms with Gasteiger partial charge in [0, 0.05) is 7.11 Å². The zero-order chi connectivity index (χ0) is 22.4. The van der Waals surface area contributed by atoms with Gasteiger partial charge in [-0.25, -0.2) is 0 Å². The summed E-state index contributed by atoms with van der Waals surface area (Å²) in [5, 5.41) is 0. The van der Waals surface area contributed by atoms with Gasteiger partial charge in [-0.15, -0.1) is 0 Å². The third-order valence-electron chi connectivity index (χ3n) is 11.6. The molecule has 0 aromatic rings. The predicted octanol–water partition coefficient (Wildman–Crippen LogP) is 8.53. The van der Waals surface area contributed by atoms with Crippen molar-refractivity contribution < 1.29 is 4.74 Å². The number of ether oxygens (including phenoxy) is 1. The molecule has 4 aliphatic carbocycles. The topological polar surface area (TPSA) is 9.23 Å². The Morgan fingerprint density at radius 1 is 0.871 bits per heavy atom. The molecule has 0 heterocycles. The van der Waals surface area contributed by atoms with Crippen LogP contribution >= 0.6 is 0 Å². The molecule has 10 atom stereocenters. The van der Waals surface area contributed by atoms with E-state index in [0.717, 1.165) is 47.3 Å². The van der Waals surface area contributed by atoms with Crippen LogP contribution in [0.1, 0.15) is 106 Å². The molecular formula is C30H52O. The summed E-state index contributed by atoms with van der Waals surface area (Å²) in [4.78, 5) is 0. The van der Waals surface area contributed by atoms with E-state index in [1.165, 1.54) is 64.2 Å². The second-order valence-electron chi connectivity index (χ2n) is 13.0. The van der Waals surface area contributed by atoms with E-state index in [1.807, 2.05) is 7.11 Å². The normalized spacial score (nSPS) is 47.1. The van der Waals surface area contributed by atoms with Gasteiger partial charge in [0.05, 0.1) is 6.10 Å². The molecule has 0 amide bonds. The summed E-state index contributed by atoms with van der Waals surface area (Å²) in [5.41, 5.74) is 1.08. The fourth-order valence-corrected chi connectivity index (χ4v) is 9.77. The standard InChI is InChI=1S/C30H52O/c1-8-22(20(2)3)13-12-21(4)24-14-15-25-23-19-28(31-7)27-11-9-10-17-29(27,5)26(23)16-18-30(24,25)6/h12-13,20-28H,8-11,14-19H2,1-7H3/b13-12+/t21?,22?,23?,24?,25?,26?,27?,28?,29?,30-/m1/s1. The van der Waals surface area contributed by atoms with E-state index in [2.05, 4.69) is 53.7 Å². The van der Waals surface area contributed by atoms with Gasteiger partial charge < -0.3 is 4.74 Å². The maximum Gasteiger partial charge on any atom is 0.0607 e. The van der Waals surface area contributed by atoms with Crippen molar-refractivity contribution in [3.63, 3.8) is 0 Å². The first-order chi connectivity index (χ1) is 14.8. The quantitative estimate of drug-likeness (QED) is 0.385. The molecule has 0 aliphatic heterocycles. The summed E-state index contributed by atoms with van der Waals surface area (Å²) in [7, 11) is 2.01. The molecule has 1 heteroatoms. The first kappa shape index (κ1) is 23.8. The summed E-state index contributed by atoms with van der Waals surface area (Å²) < 4.78 is 6.22. The summed E-state index contributed by atoms with van der Waals surface area (Å²) in [5.74, 6) is 6.70. The Morgan fingerprint density at radius 3 is 2.29 bits per heavy atom. The van der Waals surface area contributed by atoms with Crippen LogP contribution in [0, 0.1) is 58.2 Å². The molecule has 0 N–H and O–H groups in total. The molecule has 4 rings (SSSR count). The molecule has 0 spiro atoms. The number of fused-ring (bicyclic) bond motifs is 5. The van der Waals surface area contributed by atoms with Gasteiger partial charge in [-0.05, 0) is 110 Å². The van der Waals surface area contributed by atoms with Crippen LogP contribution in [-0.4, -0.2) is 13.2 Å². The molecule has 0 radical (unpaired) electrons. The minimum absolute atomic E-state index is 0.515. The van der Waals surface area contributed by atoms with Crippen LogP contribution < -0.4 is 0 Å². The Bertz CT molecular complexity index is 636. The second kappa shape index (κ2) is 9.15. The van der Waals surface area contributed by atoms with Gasteiger partial charge >= 0.3 is 0 Å². The first-order valence-corrected chi connectivity index (χ1v) is 14.0. The molecule has 4 fully saturated rings. The number of methoxy groups -OCH3 is 1. The molecule has 178 valence electrons. The van der Waals surface area contributed by atoms with Crippen molar-refractivity contribution in [3.8, 4) is 0 Å². The molecule has 0 aromatic heterocycles. The Kier molecular flexibility index (Phi) is 7.04. The van der Waals surface area contributed by atoms with Crippen LogP contribution in [0.5, 0.6) is 0 Å². The SMILES string of the molecule is CCC(/C=C/C(C)C1CCC2C3CC(OC)C4CCCCC4(C)C3CC[C@]12C)C(C)C. The van der Waals surface area contributed by atoms with E-state index in [0.29, 0.717) is 16.9 Å². The summed E-state index contributed by atoms with van der Waals surface area (Å²) in [6.07, 6.45) is 20.0. The van der Waals surface area contributed by atoms with Crippen molar-refractivity contribution >= 4 is 0 Å². The molecule has 31 heavy (non-hydrogen) atoms. The largest absolute Gasteiger partial charge is 0.381 e. The van der Waals surface area contributed by atoms with E-state index in [4.69, 9.17) is 4.74 Å². The van der Waals surface area contributed by atoms with Gasteiger partial charge in [-0.2, -0.15) is 0 Å². The summed E-state index contributed by atoms with van der Waals surface area (Å²) in [6, 6.07) is 0. The van der Waals surface area contributed by atoms with E-state index >= 15 is 0 Å². The average Bonchev–Trinajstić information content (AvgIpc) is 3.10. The zero-order valence-corrected chi connectivity index (χ0v) is 21.8. The van der Waals surface area contributed by atoms with E-state index in [1.54, 1.807) is 0 Å². The van der Waals surface area contributed by atoms with Gasteiger partial charge in [0.2, 0.25) is 0 Å². The van der Waals surface area contributed by atoms with Gasteiger partial charge in [0.1, 0.15) is 0 Å². The van der Waals surface area contributed by atoms with Crippen LogP contribution in [0.3, 0.4) is 0 Å². The van der Waals surface area contributed by atoms with Crippen molar-refractivity contribution in [2.45, 2.75) is 112 Å². The zero-order valence-electron chi connectivity index (χ0n) is 21.8. The highest BCUT2D eigenvalue weighted by Gasteiger charge is 2.61. The lowest BCUT2D eigenvalue weighted by molar-refractivity contribution is -0.166. The van der Waals surface area contributed by atoms with Gasteiger partial charge in [0.25, 0.3) is 0 Å². The Balaban J connectivity index is 1.54. The third kappa shape index (κ3) is 3.98.